The van der Waals surface area contributed by atoms with E-state index in [9.17, 15) is 4.79 Å². The molecule has 66 valence electrons. The molecule has 0 saturated carbocycles. The average Bonchev–Trinajstić information content (AvgIpc) is 2.60. The number of aromatic nitrogens is 2. The summed E-state index contributed by atoms with van der Waals surface area (Å²) in [6.07, 6.45) is 1.50. The van der Waals surface area contributed by atoms with Crippen molar-refractivity contribution < 1.29 is 4.79 Å². The van der Waals surface area contributed by atoms with Crippen LogP contribution in [0.1, 0.15) is 4.79 Å². The Labute approximate surface area is 79.9 Å². The first-order valence-corrected chi connectivity index (χ1v) is 4.37. The van der Waals surface area contributed by atoms with Crippen LogP contribution in [0.5, 0.6) is 0 Å². The summed E-state index contributed by atoms with van der Waals surface area (Å²) in [5.74, 6) is -0.184. The molecule has 0 aliphatic rings. The van der Waals surface area contributed by atoms with Gasteiger partial charge in [0.25, 0.3) is 0 Å². The summed E-state index contributed by atoms with van der Waals surface area (Å²) in [5, 5.41) is 0. The molecule has 1 heterocycles. The molecule has 0 amide bonds. The van der Waals surface area contributed by atoms with E-state index in [0.29, 0.717) is 0 Å². The van der Waals surface area contributed by atoms with Crippen LogP contribution in [0.15, 0.2) is 30.6 Å². The van der Waals surface area contributed by atoms with Crippen molar-refractivity contribution in [2.24, 2.45) is 0 Å². The highest BCUT2D eigenvalue weighted by Crippen LogP contribution is 2.11. The molecule has 0 unspecified atom stereocenters. The molecule has 13 heavy (non-hydrogen) atoms. The second-order valence-corrected chi connectivity index (χ2v) is 2.90. The fraction of sp³-hybridized carbons (Fsp3) is 0.111. The molecule has 2 rings (SSSR count). The van der Waals surface area contributed by atoms with Crippen molar-refractivity contribution in [1.29, 1.82) is 0 Å². The normalized spacial score (nSPS) is 10.5. The third-order valence-corrected chi connectivity index (χ3v) is 2.07. The van der Waals surface area contributed by atoms with Gasteiger partial charge in [0, 0.05) is 0 Å². The van der Waals surface area contributed by atoms with Gasteiger partial charge in [-0.3, -0.25) is 9.36 Å². The lowest BCUT2D eigenvalue weighted by atomic mass is 10.3. The number of nitrogens with zero attached hydrogens (tertiary/aromatic N) is 2. The molecule has 0 atom stereocenters. The van der Waals surface area contributed by atoms with Crippen LogP contribution in [0, 0.1) is 0 Å². The molecule has 0 N–H and O–H groups in total. The van der Waals surface area contributed by atoms with Crippen LogP contribution >= 0.6 is 11.6 Å². The second-order valence-electron chi connectivity index (χ2n) is 2.63. The highest BCUT2D eigenvalue weighted by Gasteiger charge is 2.06. The fourth-order valence-electron chi connectivity index (χ4n) is 1.22. The molecule has 0 aliphatic carbocycles. The van der Waals surface area contributed by atoms with E-state index in [2.05, 4.69) is 4.98 Å². The third kappa shape index (κ3) is 1.31. The monoisotopic (exact) mass is 194 g/mol. The van der Waals surface area contributed by atoms with E-state index in [1.54, 1.807) is 0 Å². The summed E-state index contributed by atoms with van der Waals surface area (Å²) in [4.78, 5) is 15.4. The quantitative estimate of drug-likeness (QED) is 0.650. The number of benzene rings is 1. The standard InChI is InChI=1S/C9H7ClN2O/c10-5-9(13)12-6-11-7-3-1-2-4-8(7)12/h1-4,6H,5H2. The van der Waals surface area contributed by atoms with Crippen LogP contribution in [-0.2, 0) is 0 Å². The predicted molar refractivity (Wildman–Crippen MR) is 51.1 cm³/mol. The van der Waals surface area contributed by atoms with Crippen molar-refractivity contribution in [2.75, 3.05) is 5.88 Å². The molecule has 0 spiro atoms. The van der Waals surface area contributed by atoms with Crippen molar-refractivity contribution in [1.82, 2.24) is 9.55 Å². The molecule has 0 bridgehead atoms. The van der Waals surface area contributed by atoms with Gasteiger partial charge in [-0.2, -0.15) is 0 Å². The molecular formula is C9H7ClN2O. The Bertz CT molecular complexity index is 450. The Morgan fingerprint density at radius 1 is 1.46 bits per heavy atom. The van der Waals surface area contributed by atoms with E-state index >= 15 is 0 Å². The number of imidazole rings is 1. The van der Waals surface area contributed by atoms with Crippen molar-refractivity contribution in [2.45, 2.75) is 0 Å². The lowest BCUT2D eigenvalue weighted by Gasteiger charge is -1.97. The van der Waals surface area contributed by atoms with Crippen molar-refractivity contribution in [3.63, 3.8) is 0 Å². The van der Waals surface area contributed by atoms with Gasteiger partial charge in [-0.1, -0.05) is 12.1 Å². The van der Waals surface area contributed by atoms with Gasteiger partial charge in [0.2, 0.25) is 5.91 Å². The van der Waals surface area contributed by atoms with Gasteiger partial charge >= 0.3 is 0 Å². The highest BCUT2D eigenvalue weighted by atomic mass is 35.5. The second kappa shape index (κ2) is 3.18. The molecule has 0 aliphatic heterocycles. The first-order valence-electron chi connectivity index (χ1n) is 3.84. The largest absolute Gasteiger partial charge is 0.273 e. The van der Waals surface area contributed by atoms with Crippen LogP contribution in [-0.4, -0.2) is 21.3 Å². The molecule has 3 nitrogen and oxygen atoms in total. The van der Waals surface area contributed by atoms with Crippen LogP contribution < -0.4 is 0 Å². The summed E-state index contributed by atoms with van der Waals surface area (Å²) in [5.41, 5.74) is 1.61. The van der Waals surface area contributed by atoms with E-state index in [-0.39, 0.29) is 11.8 Å². The number of hydrogen-bond acceptors (Lipinski definition) is 2. The Morgan fingerprint density at radius 2 is 2.23 bits per heavy atom. The van der Waals surface area contributed by atoms with E-state index in [4.69, 9.17) is 11.6 Å². The number of fused-ring (bicyclic) bond motifs is 1. The number of para-hydroxylation sites is 2. The third-order valence-electron chi connectivity index (χ3n) is 1.84. The minimum Gasteiger partial charge on any atom is -0.273 e. The van der Waals surface area contributed by atoms with E-state index in [1.807, 2.05) is 24.3 Å². The van der Waals surface area contributed by atoms with Gasteiger partial charge in [-0.25, -0.2) is 4.98 Å². The fourth-order valence-corrected chi connectivity index (χ4v) is 1.35. The summed E-state index contributed by atoms with van der Waals surface area (Å²) >= 11 is 5.45. The van der Waals surface area contributed by atoms with Crippen LogP contribution in [0.25, 0.3) is 11.0 Å². The zero-order chi connectivity index (χ0) is 9.26. The Kier molecular flexibility index (Phi) is 2.02. The SMILES string of the molecule is O=C(CCl)n1cnc2ccccc21. The number of carbonyl (C=O) groups excluding carboxylic acids is 1. The molecule has 1 aromatic heterocycles. The van der Waals surface area contributed by atoms with Crippen LogP contribution in [0.2, 0.25) is 0 Å². The minimum atomic E-state index is -0.157. The highest BCUT2D eigenvalue weighted by molar-refractivity contribution is 6.28. The zero-order valence-corrected chi connectivity index (χ0v) is 7.53. The predicted octanol–water partition coefficient (Wildman–Crippen LogP) is 1.92. The maximum Gasteiger partial charge on any atom is 0.247 e. The lowest BCUT2D eigenvalue weighted by Crippen LogP contribution is -2.09. The maximum absolute atomic E-state index is 11.3. The number of hydrogen-bond donors (Lipinski definition) is 0. The van der Waals surface area contributed by atoms with Crippen LogP contribution in [0.4, 0.5) is 0 Å². The van der Waals surface area contributed by atoms with Crippen LogP contribution in [0.3, 0.4) is 0 Å². The Balaban J connectivity index is 2.64. The molecule has 4 heteroatoms. The number of alkyl halides is 1. The molecule has 0 saturated heterocycles. The number of carbonyl (C=O) groups is 1. The van der Waals surface area contributed by atoms with Gasteiger partial charge in [-0.15, -0.1) is 11.6 Å². The van der Waals surface area contributed by atoms with E-state index < -0.39 is 0 Å². The van der Waals surface area contributed by atoms with Crippen molar-refractivity contribution in [3.05, 3.63) is 30.6 Å². The first kappa shape index (κ1) is 8.26. The molecule has 1 aromatic carbocycles. The summed E-state index contributed by atoms with van der Waals surface area (Å²) in [6.45, 7) is 0. The number of halogens is 1. The molecule has 0 fully saturated rings. The topological polar surface area (TPSA) is 34.9 Å². The minimum absolute atomic E-state index is 0.0274. The van der Waals surface area contributed by atoms with Crippen molar-refractivity contribution in [3.8, 4) is 0 Å². The first-order chi connectivity index (χ1) is 6.33. The zero-order valence-electron chi connectivity index (χ0n) is 6.77. The van der Waals surface area contributed by atoms with Gasteiger partial charge in [0.15, 0.2) is 0 Å². The summed E-state index contributed by atoms with van der Waals surface area (Å²) in [6, 6.07) is 7.44. The maximum atomic E-state index is 11.3. The van der Waals surface area contributed by atoms with Crippen molar-refractivity contribution >= 4 is 28.5 Å². The molecule has 0 radical (unpaired) electrons. The number of rotatable bonds is 1. The lowest BCUT2D eigenvalue weighted by molar-refractivity contribution is 0.0945. The summed E-state index contributed by atoms with van der Waals surface area (Å²) < 4.78 is 1.46. The van der Waals surface area contributed by atoms with Gasteiger partial charge in [-0.05, 0) is 12.1 Å². The molecule has 2 aromatic rings. The van der Waals surface area contributed by atoms with Gasteiger partial charge in [0.1, 0.15) is 12.2 Å². The average molecular weight is 195 g/mol. The van der Waals surface area contributed by atoms with E-state index in [0.717, 1.165) is 11.0 Å². The Hall–Kier alpha value is -1.35. The van der Waals surface area contributed by atoms with E-state index in [1.165, 1.54) is 10.9 Å². The van der Waals surface area contributed by atoms with Gasteiger partial charge < -0.3 is 0 Å². The molecular weight excluding hydrogens is 188 g/mol. The Morgan fingerprint density at radius 3 is 3.00 bits per heavy atom. The summed E-state index contributed by atoms with van der Waals surface area (Å²) in [7, 11) is 0. The van der Waals surface area contributed by atoms with Gasteiger partial charge in [0.05, 0.1) is 11.0 Å². The smallest absolute Gasteiger partial charge is 0.247 e.